The summed E-state index contributed by atoms with van der Waals surface area (Å²) < 4.78 is 0.802. The molecular formula is C16H14BrN3O. The first kappa shape index (κ1) is 13.8. The fraction of sp³-hybridized carbons (Fsp3) is 0.125. The van der Waals surface area contributed by atoms with E-state index in [2.05, 4.69) is 25.9 Å². The van der Waals surface area contributed by atoms with Crippen LogP contribution in [0.25, 0.3) is 10.9 Å². The standard InChI is InChI=1S/C16H14BrN3O/c1-20(10-11-6-4-5-9-18-11)16(21)15-14(17)12-7-2-3-8-13(12)19-15/h2-9,19H,10H2,1H3. The number of rotatable bonds is 3. The van der Waals surface area contributed by atoms with Crippen LogP contribution in [0.5, 0.6) is 0 Å². The van der Waals surface area contributed by atoms with Crippen LogP contribution in [0.2, 0.25) is 0 Å². The van der Waals surface area contributed by atoms with Crippen molar-refractivity contribution in [3.8, 4) is 0 Å². The lowest BCUT2D eigenvalue weighted by atomic mass is 10.2. The fourth-order valence-electron chi connectivity index (χ4n) is 2.25. The van der Waals surface area contributed by atoms with Crippen molar-refractivity contribution in [3.05, 3.63) is 64.5 Å². The Morgan fingerprint density at radius 1 is 1.24 bits per heavy atom. The highest BCUT2D eigenvalue weighted by Gasteiger charge is 2.19. The lowest BCUT2D eigenvalue weighted by Crippen LogP contribution is -2.27. The molecule has 0 aliphatic carbocycles. The Balaban J connectivity index is 1.88. The molecule has 106 valence electrons. The molecule has 0 saturated heterocycles. The lowest BCUT2D eigenvalue weighted by Gasteiger charge is -2.16. The number of carbonyl (C=O) groups excluding carboxylic acids is 1. The monoisotopic (exact) mass is 343 g/mol. The van der Waals surface area contributed by atoms with E-state index in [0.29, 0.717) is 12.2 Å². The molecule has 5 heteroatoms. The number of fused-ring (bicyclic) bond motifs is 1. The second kappa shape index (κ2) is 5.69. The SMILES string of the molecule is CN(Cc1ccccn1)C(=O)c1[nH]c2ccccc2c1Br. The van der Waals surface area contributed by atoms with E-state index in [4.69, 9.17) is 0 Å². The normalized spacial score (nSPS) is 10.8. The van der Waals surface area contributed by atoms with Gasteiger partial charge in [0.25, 0.3) is 5.91 Å². The van der Waals surface area contributed by atoms with Crippen molar-refractivity contribution < 1.29 is 4.79 Å². The van der Waals surface area contributed by atoms with Gasteiger partial charge in [-0.3, -0.25) is 9.78 Å². The number of H-pyrrole nitrogens is 1. The topological polar surface area (TPSA) is 49.0 Å². The molecule has 0 spiro atoms. The molecule has 0 aliphatic rings. The molecule has 0 atom stereocenters. The highest BCUT2D eigenvalue weighted by atomic mass is 79.9. The third-order valence-electron chi connectivity index (χ3n) is 3.33. The van der Waals surface area contributed by atoms with Crippen LogP contribution in [0.4, 0.5) is 0 Å². The molecule has 4 nitrogen and oxygen atoms in total. The molecule has 0 aliphatic heterocycles. The average molecular weight is 344 g/mol. The number of hydrogen-bond donors (Lipinski definition) is 1. The molecule has 3 aromatic rings. The summed E-state index contributed by atoms with van der Waals surface area (Å²) in [4.78, 5) is 21.6. The summed E-state index contributed by atoms with van der Waals surface area (Å²) >= 11 is 3.51. The Bertz CT molecular complexity index is 783. The van der Waals surface area contributed by atoms with Crippen LogP contribution < -0.4 is 0 Å². The second-order valence-electron chi connectivity index (χ2n) is 4.84. The van der Waals surface area contributed by atoms with Crippen LogP contribution in [-0.2, 0) is 6.54 Å². The van der Waals surface area contributed by atoms with Crippen LogP contribution in [0, 0.1) is 0 Å². The van der Waals surface area contributed by atoms with Crippen molar-refractivity contribution in [2.45, 2.75) is 6.54 Å². The molecule has 2 aromatic heterocycles. The minimum absolute atomic E-state index is 0.0660. The predicted molar refractivity (Wildman–Crippen MR) is 86.0 cm³/mol. The highest BCUT2D eigenvalue weighted by molar-refractivity contribution is 9.10. The second-order valence-corrected chi connectivity index (χ2v) is 5.63. The molecule has 1 N–H and O–H groups in total. The number of carbonyl (C=O) groups is 1. The van der Waals surface area contributed by atoms with E-state index in [-0.39, 0.29) is 5.91 Å². The van der Waals surface area contributed by atoms with Gasteiger partial charge < -0.3 is 9.88 Å². The number of nitrogens with one attached hydrogen (secondary N) is 1. The number of nitrogens with zero attached hydrogens (tertiary/aromatic N) is 2. The van der Waals surface area contributed by atoms with Crippen LogP contribution in [0.15, 0.2) is 53.1 Å². The summed E-state index contributed by atoms with van der Waals surface area (Å²) in [7, 11) is 1.77. The molecule has 1 aromatic carbocycles. The zero-order valence-corrected chi connectivity index (χ0v) is 13.1. The number of aromatic amines is 1. The minimum atomic E-state index is -0.0660. The largest absolute Gasteiger partial charge is 0.350 e. The van der Waals surface area contributed by atoms with Crippen molar-refractivity contribution in [1.29, 1.82) is 0 Å². The molecule has 0 bridgehead atoms. The molecule has 0 fully saturated rings. The van der Waals surface area contributed by atoms with E-state index in [9.17, 15) is 4.79 Å². The summed E-state index contributed by atoms with van der Waals surface area (Å²) in [5.41, 5.74) is 2.37. The number of pyridine rings is 1. The smallest absolute Gasteiger partial charge is 0.271 e. The molecule has 3 rings (SSSR count). The summed E-state index contributed by atoms with van der Waals surface area (Å²) in [6.07, 6.45) is 1.73. The fourth-order valence-corrected chi connectivity index (χ4v) is 2.87. The van der Waals surface area contributed by atoms with Crippen molar-refractivity contribution in [2.75, 3.05) is 7.05 Å². The lowest BCUT2D eigenvalue weighted by molar-refractivity contribution is 0.0777. The molecule has 2 heterocycles. The summed E-state index contributed by atoms with van der Waals surface area (Å²) in [6, 6.07) is 13.5. The molecule has 21 heavy (non-hydrogen) atoms. The van der Waals surface area contributed by atoms with Gasteiger partial charge >= 0.3 is 0 Å². The Kier molecular flexibility index (Phi) is 3.75. The van der Waals surface area contributed by atoms with Crippen LogP contribution in [0.3, 0.4) is 0 Å². The van der Waals surface area contributed by atoms with Crippen LogP contribution in [-0.4, -0.2) is 27.8 Å². The van der Waals surface area contributed by atoms with Gasteiger partial charge in [-0.05, 0) is 34.1 Å². The summed E-state index contributed by atoms with van der Waals surface area (Å²) in [5.74, 6) is -0.0660. The Morgan fingerprint density at radius 3 is 2.71 bits per heavy atom. The Morgan fingerprint density at radius 2 is 2.00 bits per heavy atom. The number of benzene rings is 1. The van der Waals surface area contributed by atoms with Gasteiger partial charge in [-0.25, -0.2) is 0 Å². The summed E-state index contributed by atoms with van der Waals surface area (Å²) in [6.45, 7) is 0.474. The third-order valence-corrected chi connectivity index (χ3v) is 4.15. The van der Waals surface area contributed by atoms with Crippen molar-refractivity contribution >= 4 is 32.7 Å². The van der Waals surface area contributed by atoms with Crippen molar-refractivity contribution in [3.63, 3.8) is 0 Å². The molecule has 0 unspecified atom stereocenters. The molecular weight excluding hydrogens is 330 g/mol. The maximum atomic E-state index is 12.6. The van der Waals surface area contributed by atoms with Crippen LogP contribution >= 0.6 is 15.9 Å². The Labute approximate surface area is 130 Å². The number of amides is 1. The first-order valence-corrected chi connectivity index (χ1v) is 7.37. The molecule has 0 radical (unpaired) electrons. The minimum Gasteiger partial charge on any atom is -0.350 e. The van der Waals surface area contributed by atoms with Gasteiger partial charge in [0.05, 0.1) is 16.7 Å². The van der Waals surface area contributed by atoms with E-state index < -0.39 is 0 Å². The van der Waals surface area contributed by atoms with E-state index >= 15 is 0 Å². The van der Waals surface area contributed by atoms with E-state index in [0.717, 1.165) is 21.1 Å². The van der Waals surface area contributed by atoms with Gasteiger partial charge in [-0.15, -0.1) is 0 Å². The Hall–Kier alpha value is -2.14. The van der Waals surface area contributed by atoms with Gasteiger partial charge in [0.2, 0.25) is 0 Å². The van der Waals surface area contributed by atoms with Gasteiger partial charge in [0.15, 0.2) is 0 Å². The number of aromatic nitrogens is 2. The third kappa shape index (κ3) is 2.69. The number of halogens is 1. The van der Waals surface area contributed by atoms with Crippen molar-refractivity contribution in [1.82, 2.24) is 14.9 Å². The first-order valence-electron chi connectivity index (χ1n) is 6.58. The van der Waals surface area contributed by atoms with Crippen LogP contribution in [0.1, 0.15) is 16.2 Å². The van der Waals surface area contributed by atoms with Crippen molar-refractivity contribution in [2.24, 2.45) is 0 Å². The van der Waals surface area contributed by atoms with Gasteiger partial charge in [0.1, 0.15) is 5.69 Å². The number of para-hydroxylation sites is 1. The van der Waals surface area contributed by atoms with Gasteiger partial charge in [0, 0.05) is 24.1 Å². The van der Waals surface area contributed by atoms with E-state index in [1.54, 1.807) is 18.1 Å². The maximum absolute atomic E-state index is 12.6. The zero-order chi connectivity index (χ0) is 14.8. The first-order chi connectivity index (χ1) is 10.2. The summed E-state index contributed by atoms with van der Waals surface area (Å²) in [5, 5.41) is 1.01. The predicted octanol–water partition coefficient (Wildman–Crippen LogP) is 3.60. The maximum Gasteiger partial charge on any atom is 0.271 e. The van der Waals surface area contributed by atoms with E-state index in [1.165, 1.54) is 0 Å². The average Bonchev–Trinajstić information content (AvgIpc) is 2.85. The quantitative estimate of drug-likeness (QED) is 0.789. The van der Waals surface area contributed by atoms with Gasteiger partial charge in [-0.1, -0.05) is 24.3 Å². The molecule has 1 amide bonds. The highest BCUT2D eigenvalue weighted by Crippen LogP contribution is 2.28. The molecule has 0 saturated carbocycles. The number of hydrogen-bond acceptors (Lipinski definition) is 2. The van der Waals surface area contributed by atoms with E-state index in [1.807, 2.05) is 42.5 Å². The zero-order valence-electron chi connectivity index (χ0n) is 11.5. The van der Waals surface area contributed by atoms with Gasteiger partial charge in [-0.2, -0.15) is 0 Å².